The molecule has 3 aromatic carbocycles. The van der Waals surface area contributed by atoms with Crippen LogP contribution >= 0.6 is 0 Å². The van der Waals surface area contributed by atoms with Crippen LogP contribution in [0, 0.1) is 11.8 Å². The van der Waals surface area contributed by atoms with Crippen molar-refractivity contribution in [3.63, 3.8) is 0 Å². The third-order valence-corrected chi connectivity index (χ3v) is 2.93. The van der Waals surface area contributed by atoms with Gasteiger partial charge in [0.2, 0.25) is 0 Å². The van der Waals surface area contributed by atoms with Gasteiger partial charge in [-0.15, -0.1) is 0 Å². The predicted molar refractivity (Wildman–Crippen MR) is 95.4 cm³/mol. The van der Waals surface area contributed by atoms with E-state index in [-0.39, 0.29) is 0 Å². The molecule has 0 aliphatic rings. The van der Waals surface area contributed by atoms with Gasteiger partial charge < -0.3 is 0 Å². The molecule has 0 amide bonds. The summed E-state index contributed by atoms with van der Waals surface area (Å²) in [6, 6.07) is 30.0. The molecule has 0 heteroatoms. The second-order valence-electron chi connectivity index (χ2n) is 4.60. The third kappa shape index (κ3) is 5.53. The highest BCUT2D eigenvalue weighted by molar-refractivity contribution is 5.45. The highest BCUT2D eigenvalue weighted by atomic mass is 13.9. The molecule has 0 unspecified atom stereocenters. The van der Waals surface area contributed by atoms with E-state index in [9.17, 15) is 0 Å². The molecule has 0 aliphatic heterocycles. The van der Waals surface area contributed by atoms with Gasteiger partial charge in [0.05, 0.1) is 0 Å². The van der Waals surface area contributed by atoms with Crippen LogP contribution in [0.15, 0.2) is 97.6 Å². The molecule has 0 saturated carbocycles. The van der Waals surface area contributed by atoms with Crippen molar-refractivity contribution in [2.75, 3.05) is 0 Å². The van der Waals surface area contributed by atoms with Crippen molar-refractivity contribution in [3.8, 4) is 11.8 Å². The van der Waals surface area contributed by atoms with Crippen LogP contribution in [0.5, 0.6) is 0 Å². The zero-order chi connectivity index (χ0) is 15.5. The van der Waals surface area contributed by atoms with Crippen LogP contribution in [0.4, 0.5) is 0 Å². The summed E-state index contributed by atoms with van der Waals surface area (Å²) < 4.78 is 0. The Kier molecular flexibility index (Phi) is 6.28. The number of hydrogen-bond donors (Lipinski definition) is 0. The summed E-state index contributed by atoms with van der Waals surface area (Å²) >= 11 is 0. The molecule has 22 heavy (non-hydrogen) atoms. The SMILES string of the molecule is C(#Cc1ccccc1)c1ccccc1.C=Cc1ccccc1. The Hall–Kier alpha value is -3.04. The Labute approximate surface area is 132 Å². The normalized spacial score (nSPS) is 8.73. The van der Waals surface area contributed by atoms with Gasteiger partial charge >= 0.3 is 0 Å². The van der Waals surface area contributed by atoms with Crippen molar-refractivity contribution < 1.29 is 0 Å². The molecule has 0 aromatic heterocycles. The number of benzene rings is 3. The predicted octanol–water partition coefficient (Wildman–Crippen LogP) is 5.42. The Morgan fingerprint density at radius 2 is 0.909 bits per heavy atom. The quantitative estimate of drug-likeness (QED) is 0.523. The monoisotopic (exact) mass is 282 g/mol. The molecule has 0 nitrogen and oxygen atoms in total. The van der Waals surface area contributed by atoms with Gasteiger partial charge in [-0.05, 0) is 29.8 Å². The minimum absolute atomic E-state index is 1.05. The van der Waals surface area contributed by atoms with E-state index in [1.807, 2.05) is 97.1 Å². The Morgan fingerprint density at radius 3 is 1.23 bits per heavy atom. The van der Waals surface area contributed by atoms with Crippen LogP contribution in [0.25, 0.3) is 6.08 Å². The van der Waals surface area contributed by atoms with E-state index in [4.69, 9.17) is 0 Å². The van der Waals surface area contributed by atoms with Gasteiger partial charge in [0.1, 0.15) is 0 Å². The third-order valence-electron chi connectivity index (χ3n) is 2.93. The topological polar surface area (TPSA) is 0 Å². The minimum Gasteiger partial charge on any atom is -0.0985 e. The maximum Gasteiger partial charge on any atom is 0.0249 e. The Balaban J connectivity index is 0.000000188. The largest absolute Gasteiger partial charge is 0.0985 e. The zero-order valence-corrected chi connectivity index (χ0v) is 12.4. The Morgan fingerprint density at radius 1 is 0.545 bits per heavy atom. The van der Waals surface area contributed by atoms with Crippen molar-refractivity contribution in [1.82, 2.24) is 0 Å². The molecule has 0 radical (unpaired) electrons. The van der Waals surface area contributed by atoms with Crippen LogP contribution in [0.2, 0.25) is 0 Å². The molecule has 0 heterocycles. The van der Waals surface area contributed by atoms with Crippen molar-refractivity contribution in [2.45, 2.75) is 0 Å². The molecule has 0 bridgehead atoms. The minimum atomic E-state index is 1.05. The summed E-state index contributed by atoms with van der Waals surface area (Å²) in [5.41, 5.74) is 3.28. The lowest BCUT2D eigenvalue weighted by molar-refractivity contribution is 1.62. The van der Waals surface area contributed by atoms with Crippen molar-refractivity contribution in [3.05, 3.63) is 114 Å². The first-order valence-electron chi connectivity index (χ1n) is 7.18. The maximum atomic E-state index is 3.63. The lowest BCUT2D eigenvalue weighted by Gasteiger charge is -1.88. The van der Waals surface area contributed by atoms with E-state index in [0.29, 0.717) is 0 Å². The summed E-state index contributed by atoms with van der Waals surface area (Å²) in [6.07, 6.45) is 1.83. The van der Waals surface area contributed by atoms with E-state index in [1.54, 1.807) is 0 Å². The summed E-state index contributed by atoms with van der Waals surface area (Å²) in [5, 5.41) is 0. The lowest BCUT2D eigenvalue weighted by Crippen LogP contribution is -1.73. The van der Waals surface area contributed by atoms with Crippen LogP contribution in [-0.2, 0) is 0 Å². The van der Waals surface area contributed by atoms with Gasteiger partial charge in [0, 0.05) is 11.1 Å². The first-order valence-corrected chi connectivity index (χ1v) is 7.18. The highest BCUT2D eigenvalue weighted by Crippen LogP contribution is 1.99. The van der Waals surface area contributed by atoms with E-state index >= 15 is 0 Å². The summed E-state index contributed by atoms with van der Waals surface area (Å²) in [7, 11) is 0. The van der Waals surface area contributed by atoms with E-state index in [1.165, 1.54) is 5.56 Å². The molecule has 0 aliphatic carbocycles. The van der Waals surface area contributed by atoms with E-state index < -0.39 is 0 Å². The standard InChI is InChI=1S/C14H10.C8H8/c1-3-7-13(8-4-1)11-12-14-9-5-2-6-10-14;1-2-8-6-4-3-5-7-8/h1-10H;2-7H,1H2. The second kappa shape index (κ2) is 9.00. The number of rotatable bonds is 1. The average Bonchev–Trinajstić information content (AvgIpc) is 2.63. The fraction of sp³-hybridized carbons (Fsp3) is 0. The first-order chi connectivity index (χ1) is 10.9. The van der Waals surface area contributed by atoms with Gasteiger partial charge in [0.15, 0.2) is 0 Å². The second-order valence-corrected chi connectivity index (χ2v) is 4.60. The smallest absolute Gasteiger partial charge is 0.0249 e. The fourth-order valence-electron chi connectivity index (χ4n) is 1.78. The molecular weight excluding hydrogens is 264 g/mol. The highest BCUT2D eigenvalue weighted by Gasteiger charge is 1.83. The Bertz CT molecular complexity index is 686. The van der Waals surface area contributed by atoms with Crippen molar-refractivity contribution >= 4 is 6.08 Å². The van der Waals surface area contributed by atoms with Gasteiger partial charge in [-0.1, -0.05) is 91.2 Å². The van der Waals surface area contributed by atoms with E-state index in [2.05, 4.69) is 18.4 Å². The zero-order valence-electron chi connectivity index (χ0n) is 12.4. The molecular formula is C22H18. The molecule has 0 spiro atoms. The van der Waals surface area contributed by atoms with Gasteiger partial charge in [0.25, 0.3) is 0 Å². The van der Waals surface area contributed by atoms with Crippen LogP contribution in [-0.4, -0.2) is 0 Å². The first kappa shape index (κ1) is 15.4. The van der Waals surface area contributed by atoms with E-state index in [0.717, 1.165) is 11.1 Å². The average molecular weight is 282 g/mol. The molecule has 3 aromatic rings. The fourth-order valence-corrected chi connectivity index (χ4v) is 1.78. The molecule has 106 valence electrons. The molecule has 0 atom stereocenters. The molecule has 0 fully saturated rings. The van der Waals surface area contributed by atoms with Crippen LogP contribution in [0.1, 0.15) is 16.7 Å². The van der Waals surface area contributed by atoms with Gasteiger partial charge in [-0.3, -0.25) is 0 Å². The molecule has 0 N–H and O–H groups in total. The lowest BCUT2D eigenvalue weighted by atomic mass is 10.2. The summed E-state index contributed by atoms with van der Waals surface area (Å²) in [6.45, 7) is 3.63. The van der Waals surface area contributed by atoms with Crippen LogP contribution < -0.4 is 0 Å². The van der Waals surface area contributed by atoms with Crippen molar-refractivity contribution in [1.29, 1.82) is 0 Å². The molecule has 0 saturated heterocycles. The summed E-state index contributed by atoms with van der Waals surface area (Å²) in [5.74, 6) is 6.22. The maximum absolute atomic E-state index is 3.63. The van der Waals surface area contributed by atoms with Crippen molar-refractivity contribution in [2.24, 2.45) is 0 Å². The summed E-state index contributed by atoms with van der Waals surface area (Å²) in [4.78, 5) is 0. The molecule has 3 rings (SSSR count). The number of hydrogen-bond acceptors (Lipinski definition) is 0. The van der Waals surface area contributed by atoms with Gasteiger partial charge in [-0.2, -0.15) is 0 Å². The van der Waals surface area contributed by atoms with Crippen LogP contribution in [0.3, 0.4) is 0 Å². The van der Waals surface area contributed by atoms with Gasteiger partial charge in [-0.25, -0.2) is 0 Å².